The van der Waals surface area contributed by atoms with Crippen LogP contribution in [-0.2, 0) is 4.79 Å². The smallest absolute Gasteiger partial charge is 0.147 e. The van der Waals surface area contributed by atoms with Crippen LogP contribution in [0.5, 0.6) is 0 Å². The van der Waals surface area contributed by atoms with E-state index < -0.39 is 0 Å². The summed E-state index contributed by atoms with van der Waals surface area (Å²) in [7, 11) is 0. The van der Waals surface area contributed by atoms with Gasteiger partial charge in [-0.3, -0.25) is 4.79 Å². The Balaban J connectivity index is 4.12. The summed E-state index contributed by atoms with van der Waals surface area (Å²) >= 11 is 5.80. The molecule has 0 atom stereocenters. The molecule has 0 N–H and O–H groups in total. The van der Waals surface area contributed by atoms with Crippen LogP contribution < -0.4 is 0 Å². The van der Waals surface area contributed by atoms with E-state index >= 15 is 0 Å². The number of carbonyl (C=O) groups excluding carboxylic acids is 1. The summed E-state index contributed by atoms with van der Waals surface area (Å²) in [6, 6.07) is 0. The van der Waals surface area contributed by atoms with E-state index in [0.29, 0.717) is 0 Å². The predicted molar refractivity (Wildman–Crippen MR) is 44.1 cm³/mol. The molecule has 0 bridgehead atoms. The molecule has 0 amide bonds. The molecule has 1 nitrogen and oxygen atoms in total. The monoisotopic (exact) mass is 160 g/mol. The lowest BCUT2D eigenvalue weighted by atomic mass is 10.2. The summed E-state index contributed by atoms with van der Waals surface area (Å²) in [6.07, 6.45) is 3.40. The molecule has 2 heteroatoms. The number of hydrogen-bond donors (Lipinski definition) is 0. The molecule has 0 spiro atoms. The van der Waals surface area contributed by atoms with Crippen molar-refractivity contribution in [2.45, 2.75) is 33.1 Å². The van der Waals surface area contributed by atoms with Gasteiger partial charge in [0.15, 0.2) is 0 Å². The van der Waals surface area contributed by atoms with Crippen LogP contribution in [0.25, 0.3) is 0 Å². The van der Waals surface area contributed by atoms with Gasteiger partial charge in [0.05, 0.1) is 0 Å². The Morgan fingerprint density at radius 3 is 2.40 bits per heavy atom. The van der Waals surface area contributed by atoms with Gasteiger partial charge in [0, 0.05) is 10.6 Å². The summed E-state index contributed by atoms with van der Waals surface area (Å²) in [5, 5.41) is 0.722. The molecule has 0 fully saturated rings. The maximum Gasteiger partial charge on any atom is 0.147 e. The largest absolute Gasteiger partial charge is 0.298 e. The first-order valence-corrected chi connectivity index (χ1v) is 3.96. The molecule has 0 aromatic heterocycles. The number of halogens is 1. The zero-order valence-corrected chi connectivity index (χ0v) is 7.24. The van der Waals surface area contributed by atoms with Gasteiger partial charge in [0.1, 0.15) is 6.29 Å². The van der Waals surface area contributed by atoms with E-state index in [1.54, 1.807) is 0 Å². The fourth-order valence-electron chi connectivity index (χ4n) is 0.719. The fourth-order valence-corrected chi connectivity index (χ4v) is 1.09. The van der Waals surface area contributed by atoms with Gasteiger partial charge in [-0.2, -0.15) is 0 Å². The van der Waals surface area contributed by atoms with Crippen molar-refractivity contribution in [2.75, 3.05) is 0 Å². The van der Waals surface area contributed by atoms with Gasteiger partial charge in [-0.05, 0) is 12.8 Å². The average molecular weight is 161 g/mol. The van der Waals surface area contributed by atoms with E-state index in [0.717, 1.165) is 36.2 Å². The second kappa shape index (κ2) is 5.48. The molecule has 0 rings (SSSR count). The van der Waals surface area contributed by atoms with Crippen molar-refractivity contribution in [1.29, 1.82) is 0 Å². The molecule has 0 aromatic carbocycles. The third-order valence-electron chi connectivity index (χ3n) is 1.34. The Kier molecular flexibility index (Phi) is 5.32. The lowest BCUT2D eigenvalue weighted by Gasteiger charge is -1.98. The quantitative estimate of drug-likeness (QED) is 0.457. The van der Waals surface area contributed by atoms with Gasteiger partial charge < -0.3 is 0 Å². The molecule has 58 valence electrons. The maximum atomic E-state index is 10.3. The molecule has 0 saturated carbocycles. The first kappa shape index (κ1) is 9.70. The molecule has 0 saturated heterocycles. The van der Waals surface area contributed by atoms with Gasteiger partial charge in [0.25, 0.3) is 0 Å². The minimum absolute atomic E-state index is 0.722. The molecule has 0 unspecified atom stereocenters. The molecular formula is C8H13ClO. The normalized spacial score (nSPS) is 12.7. The van der Waals surface area contributed by atoms with Gasteiger partial charge in [0.2, 0.25) is 0 Å². The van der Waals surface area contributed by atoms with Gasteiger partial charge >= 0.3 is 0 Å². The van der Waals surface area contributed by atoms with Gasteiger partial charge in [-0.1, -0.05) is 31.9 Å². The van der Waals surface area contributed by atoms with Crippen LogP contribution >= 0.6 is 11.6 Å². The van der Waals surface area contributed by atoms with Crippen molar-refractivity contribution in [3.63, 3.8) is 0 Å². The van der Waals surface area contributed by atoms with E-state index in [9.17, 15) is 4.79 Å². The number of rotatable bonds is 4. The third kappa shape index (κ3) is 3.02. The Labute approximate surface area is 67.1 Å². The minimum atomic E-state index is 0.722. The van der Waals surface area contributed by atoms with Crippen LogP contribution in [0.4, 0.5) is 0 Å². The van der Waals surface area contributed by atoms with Crippen LogP contribution in [0.15, 0.2) is 10.6 Å². The van der Waals surface area contributed by atoms with Gasteiger partial charge in [-0.25, -0.2) is 0 Å². The Hall–Kier alpha value is -0.300. The van der Waals surface area contributed by atoms with Crippen LogP contribution in [0.1, 0.15) is 33.1 Å². The van der Waals surface area contributed by atoms with Crippen LogP contribution in [0.3, 0.4) is 0 Å². The minimum Gasteiger partial charge on any atom is -0.298 e. The highest BCUT2D eigenvalue weighted by Gasteiger charge is 1.98. The molecule has 10 heavy (non-hydrogen) atoms. The Morgan fingerprint density at radius 1 is 1.50 bits per heavy atom. The zero-order valence-electron chi connectivity index (χ0n) is 6.48. The van der Waals surface area contributed by atoms with E-state index in [1.165, 1.54) is 0 Å². The lowest BCUT2D eigenvalue weighted by Crippen LogP contribution is -1.86. The zero-order chi connectivity index (χ0) is 7.98. The Bertz CT molecular complexity index is 138. The molecule has 0 radical (unpaired) electrons. The lowest BCUT2D eigenvalue weighted by molar-refractivity contribution is -0.105. The third-order valence-corrected chi connectivity index (χ3v) is 1.77. The highest BCUT2D eigenvalue weighted by molar-refractivity contribution is 6.31. The summed E-state index contributed by atoms with van der Waals surface area (Å²) in [5.41, 5.74) is 0.739. The second-order valence-corrected chi connectivity index (χ2v) is 2.61. The number of allylic oxidation sites excluding steroid dienone is 2. The number of carbonyl (C=O) groups is 1. The highest BCUT2D eigenvalue weighted by atomic mass is 35.5. The molecule has 0 aliphatic carbocycles. The molecule has 0 heterocycles. The van der Waals surface area contributed by atoms with E-state index in [-0.39, 0.29) is 0 Å². The standard InChI is InChI=1S/C8H13ClO/c1-3-5-8(9)7(4-2)6-10/h6H,3-5H2,1-2H3. The molecule has 0 aromatic rings. The predicted octanol–water partition coefficient (Wildman–Crippen LogP) is 2.89. The summed E-state index contributed by atoms with van der Waals surface area (Å²) in [4.78, 5) is 10.3. The van der Waals surface area contributed by atoms with Crippen LogP contribution in [0, 0.1) is 0 Å². The summed E-state index contributed by atoms with van der Waals surface area (Å²) in [6.45, 7) is 3.97. The van der Waals surface area contributed by atoms with Crippen molar-refractivity contribution in [2.24, 2.45) is 0 Å². The van der Waals surface area contributed by atoms with Crippen molar-refractivity contribution >= 4 is 17.9 Å². The maximum absolute atomic E-state index is 10.3. The Morgan fingerprint density at radius 2 is 2.10 bits per heavy atom. The molecule has 0 aliphatic heterocycles. The molecular weight excluding hydrogens is 148 g/mol. The van der Waals surface area contributed by atoms with Gasteiger partial charge in [-0.15, -0.1) is 0 Å². The average Bonchev–Trinajstić information content (AvgIpc) is 1.91. The number of hydrogen-bond acceptors (Lipinski definition) is 1. The SMILES string of the molecule is CCCC(Cl)=C(C=O)CC. The van der Waals surface area contributed by atoms with Crippen LogP contribution in [-0.4, -0.2) is 6.29 Å². The van der Waals surface area contributed by atoms with E-state index in [4.69, 9.17) is 11.6 Å². The van der Waals surface area contributed by atoms with E-state index in [2.05, 4.69) is 0 Å². The van der Waals surface area contributed by atoms with Crippen molar-refractivity contribution < 1.29 is 4.79 Å². The number of aldehydes is 1. The van der Waals surface area contributed by atoms with E-state index in [1.807, 2.05) is 13.8 Å². The van der Waals surface area contributed by atoms with Crippen molar-refractivity contribution in [1.82, 2.24) is 0 Å². The van der Waals surface area contributed by atoms with Crippen molar-refractivity contribution in [3.05, 3.63) is 10.6 Å². The first-order chi connectivity index (χ1) is 4.76. The fraction of sp³-hybridized carbons (Fsp3) is 0.625. The first-order valence-electron chi connectivity index (χ1n) is 3.58. The topological polar surface area (TPSA) is 17.1 Å². The van der Waals surface area contributed by atoms with Crippen LogP contribution in [0.2, 0.25) is 0 Å². The molecule has 0 aliphatic rings. The summed E-state index contributed by atoms with van der Waals surface area (Å²) < 4.78 is 0. The second-order valence-electron chi connectivity index (χ2n) is 2.15. The summed E-state index contributed by atoms with van der Waals surface area (Å²) in [5.74, 6) is 0. The van der Waals surface area contributed by atoms with Crippen molar-refractivity contribution in [3.8, 4) is 0 Å². The highest BCUT2D eigenvalue weighted by Crippen LogP contribution is 2.16.